The summed E-state index contributed by atoms with van der Waals surface area (Å²) in [6.45, 7) is 53.2. The summed E-state index contributed by atoms with van der Waals surface area (Å²) in [5.74, 6) is 4.19. The lowest BCUT2D eigenvalue weighted by molar-refractivity contribution is -0.288. The van der Waals surface area contributed by atoms with Gasteiger partial charge in [-0.3, -0.25) is 19.4 Å². The molecule has 20 nitrogen and oxygen atoms in total. The first-order valence-corrected chi connectivity index (χ1v) is 45.0. The molecule has 4 fully saturated rings. The van der Waals surface area contributed by atoms with Gasteiger partial charge >= 0.3 is 0 Å². The molecule has 0 atom stereocenters. The van der Waals surface area contributed by atoms with Crippen LogP contribution in [0.4, 0.5) is 35.7 Å². The van der Waals surface area contributed by atoms with E-state index in [1.165, 1.54) is 141 Å². The summed E-state index contributed by atoms with van der Waals surface area (Å²) in [5.41, 5.74) is 12.4. The molecule has 0 unspecified atom stereocenters. The Kier molecular flexibility index (Phi) is 39.4. The van der Waals surface area contributed by atoms with E-state index in [-0.39, 0.29) is 68.3 Å². The summed E-state index contributed by atoms with van der Waals surface area (Å²) in [7, 11) is 0. The molecule has 2 aromatic heterocycles. The molecule has 0 aliphatic carbocycles. The van der Waals surface area contributed by atoms with Gasteiger partial charge in [-0.25, -0.2) is 0 Å². The van der Waals surface area contributed by atoms with Crippen LogP contribution < -0.4 is 31.9 Å². The summed E-state index contributed by atoms with van der Waals surface area (Å²) in [4.78, 5) is 61.8. The number of hydroxylamine groups is 8. The van der Waals surface area contributed by atoms with Crippen LogP contribution in [0.25, 0.3) is 0 Å². The Morgan fingerprint density at radius 2 is 0.546 bits per heavy atom. The Labute approximate surface area is 662 Å². The average molecular weight is 1520 g/mol. The largest absolute Gasteiger partial charge is 0.368 e. The second-order valence-corrected chi connectivity index (χ2v) is 39.0. The van der Waals surface area contributed by atoms with Crippen LogP contribution >= 0.6 is 0 Å². The van der Waals surface area contributed by atoms with Gasteiger partial charge in [0.1, 0.15) is 0 Å². The van der Waals surface area contributed by atoms with E-state index >= 15 is 0 Å². The number of nitrogen functional groups attached to an aromatic ring is 2. The number of hydrogen-bond acceptors (Lipinski definition) is 20. The fourth-order valence-corrected chi connectivity index (χ4v) is 20.3. The van der Waals surface area contributed by atoms with Gasteiger partial charge in [-0.1, -0.05) is 195 Å². The second kappa shape index (κ2) is 45.6. The first kappa shape index (κ1) is 93.4. The Balaban J connectivity index is 1.13. The van der Waals surface area contributed by atoms with Crippen LogP contribution in [-0.4, -0.2) is 159 Å². The first-order valence-electron chi connectivity index (χ1n) is 45.0. The number of hydrogen-bond donors (Lipinski definition) is 4. The van der Waals surface area contributed by atoms with Crippen molar-refractivity contribution in [2.75, 3.05) is 84.5 Å². The highest BCUT2D eigenvalue weighted by atomic mass is 16.7. The molecule has 0 bridgehead atoms. The monoisotopic (exact) mass is 1520 g/mol. The predicted octanol–water partition coefficient (Wildman–Crippen LogP) is 22.0. The fraction of sp³-hybridized carbons (Fsp3) is 0.932. The van der Waals surface area contributed by atoms with Gasteiger partial charge in [0.05, 0.1) is 26.4 Å². The maximum Gasteiger partial charge on any atom is 0.232 e. The molecule has 0 amide bonds. The molecule has 20 heteroatoms. The van der Waals surface area contributed by atoms with Crippen LogP contribution in [-0.2, 0) is 19.4 Å². The first-order chi connectivity index (χ1) is 51.2. The smallest absolute Gasteiger partial charge is 0.232 e. The summed E-state index contributed by atoms with van der Waals surface area (Å²) in [6, 6.07) is 0.282. The number of nitrogens with two attached hydrogens (primary N) is 2. The minimum atomic E-state index is -0.249. The lowest BCUT2D eigenvalue weighted by Crippen LogP contribution is -2.64. The zero-order chi connectivity index (χ0) is 79.1. The van der Waals surface area contributed by atoms with Crippen molar-refractivity contribution in [3.8, 4) is 0 Å². The number of nitrogens with zero attached hydrogens (tertiary/aromatic N) is 12. The molecule has 4 aliphatic rings. The van der Waals surface area contributed by atoms with Gasteiger partial charge in [0.2, 0.25) is 35.7 Å². The molecule has 2 aromatic rings. The molecular weight excluding hydrogens is 1350 g/mol. The van der Waals surface area contributed by atoms with Gasteiger partial charge in [0.25, 0.3) is 0 Å². The molecule has 0 radical (unpaired) electrons. The van der Waals surface area contributed by atoms with Crippen molar-refractivity contribution in [2.45, 2.75) is 465 Å². The van der Waals surface area contributed by atoms with E-state index in [1.54, 1.807) is 0 Å². The van der Waals surface area contributed by atoms with E-state index in [1.807, 2.05) is 0 Å². The Bertz CT molecular complexity index is 2530. The minimum absolute atomic E-state index is 0.0241. The van der Waals surface area contributed by atoms with E-state index in [4.69, 9.17) is 60.7 Å². The molecule has 108 heavy (non-hydrogen) atoms. The van der Waals surface area contributed by atoms with Gasteiger partial charge in [-0.2, -0.15) is 50.2 Å². The van der Waals surface area contributed by atoms with Gasteiger partial charge in [0, 0.05) is 82.6 Å². The lowest BCUT2D eigenvalue weighted by Gasteiger charge is -2.55. The summed E-state index contributed by atoms with van der Waals surface area (Å²) in [6.07, 6.45) is 48.9. The molecule has 0 aromatic carbocycles. The lowest BCUT2D eigenvalue weighted by atomic mass is 9.73. The predicted molar refractivity (Wildman–Crippen MR) is 455 cm³/mol. The Morgan fingerprint density at radius 3 is 0.815 bits per heavy atom. The van der Waals surface area contributed by atoms with Crippen molar-refractivity contribution >= 4 is 35.7 Å². The molecule has 6 N–H and O–H groups in total. The van der Waals surface area contributed by atoms with E-state index in [9.17, 15) is 0 Å². The third kappa shape index (κ3) is 30.7. The van der Waals surface area contributed by atoms with Crippen molar-refractivity contribution in [1.29, 1.82) is 0 Å². The van der Waals surface area contributed by atoms with Gasteiger partial charge in [0.15, 0.2) is 0 Å². The molecule has 6 rings (SSSR count). The maximum absolute atomic E-state index is 6.82. The number of aromatic nitrogens is 6. The Morgan fingerprint density at radius 1 is 0.306 bits per heavy atom. The third-order valence-corrected chi connectivity index (χ3v) is 24.2. The van der Waals surface area contributed by atoms with Crippen LogP contribution in [0.5, 0.6) is 0 Å². The quantitative estimate of drug-likeness (QED) is 0.0454. The van der Waals surface area contributed by atoms with E-state index in [0.717, 1.165) is 181 Å². The van der Waals surface area contributed by atoms with E-state index in [2.05, 4.69) is 179 Å². The van der Waals surface area contributed by atoms with Crippen LogP contribution in [0.1, 0.15) is 408 Å². The summed E-state index contributed by atoms with van der Waals surface area (Å²) < 4.78 is 0. The van der Waals surface area contributed by atoms with Crippen molar-refractivity contribution in [3.63, 3.8) is 0 Å². The molecule has 4 saturated heterocycles. The number of rotatable bonds is 55. The summed E-state index contributed by atoms with van der Waals surface area (Å²) >= 11 is 0. The molecule has 4 aliphatic heterocycles. The normalized spacial score (nSPS) is 20.5. The molecule has 0 spiro atoms. The third-order valence-electron chi connectivity index (χ3n) is 24.2. The molecule has 6 heterocycles. The minimum Gasteiger partial charge on any atom is -0.368 e. The number of nitrogens with one attached hydrogen (secondary N) is 2. The molecular formula is C88H170N16O4. The van der Waals surface area contributed by atoms with Gasteiger partial charge in [-0.15, -0.1) is 0 Å². The SMILES string of the molecule is CCCCCCCCON1C(C)(C)CC(CCCCNc2nc(N)nc(N(CCCCCCN(c3nc(N)nc(NCCCCC4CC(C)(C)N(OCCCCCCCC)C(C)(C)C4)n3)C3CC(C)(C)N(OCCCCCCCC)C(C)(C)C3)C3CC(C)(C)N(OCCCCCCCC)C(C)(C)C3)n2)CC1(C)C. The van der Waals surface area contributed by atoms with Gasteiger partial charge < -0.3 is 31.9 Å². The van der Waals surface area contributed by atoms with Crippen molar-refractivity contribution in [1.82, 2.24) is 50.2 Å². The average Bonchev–Trinajstić information content (AvgIpc) is 0.752. The van der Waals surface area contributed by atoms with Crippen LogP contribution in [0.3, 0.4) is 0 Å². The number of unbranched alkanes of at least 4 members (excludes halogenated alkanes) is 25. The van der Waals surface area contributed by atoms with E-state index in [0.29, 0.717) is 35.6 Å². The molecule has 0 saturated carbocycles. The van der Waals surface area contributed by atoms with Crippen LogP contribution in [0, 0.1) is 11.8 Å². The highest BCUT2D eigenvalue weighted by Crippen LogP contribution is 2.47. The summed E-state index contributed by atoms with van der Waals surface area (Å²) in [5, 5.41) is 16.6. The number of anilines is 6. The van der Waals surface area contributed by atoms with E-state index < -0.39 is 0 Å². The highest BCUT2D eigenvalue weighted by Gasteiger charge is 2.52. The van der Waals surface area contributed by atoms with Crippen molar-refractivity contribution in [2.24, 2.45) is 11.8 Å². The zero-order valence-corrected chi connectivity index (χ0v) is 73.8. The topological polar surface area (TPSA) is 210 Å². The number of piperidine rings is 4. The standard InChI is InChI=1S/C88H170N16O4/c1-21-25-29-33-39-49-59-105-101-81(5,6)63-71(64-82(101,7)8)53-43-45-55-91-77-93-75(89)95-79(97-77)99(73-67-85(13,14)103(86(15,16)68-73)107-61-51-41-35-31-27-23-3)57-47-37-38-48-58-100(74-69-87(17,18)104(88(19,20)70-74)108-62-52-42-36-32-28-24-4)80-96-76(90)94-78(98-80)92-56-46-44-54-72-65-83(9,10)102(84(11,12)66-72)106-60-50-40-34-30-26-22-2/h71-74H,21-70H2,1-20H3,(H3,89,91,93,95,97)(H3,90,92,94,96,98). The molecule has 626 valence electrons. The second-order valence-electron chi connectivity index (χ2n) is 39.0. The van der Waals surface area contributed by atoms with Crippen molar-refractivity contribution in [3.05, 3.63) is 0 Å². The van der Waals surface area contributed by atoms with Crippen LogP contribution in [0.2, 0.25) is 0 Å². The van der Waals surface area contributed by atoms with Crippen LogP contribution in [0.15, 0.2) is 0 Å². The maximum atomic E-state index is 6.82. The zero-order valence-electron chi connectivity index (χ0n) is 73.8. The van der Waals surface area contributed by atoms with Crippen molar-refractivity contribution < 1.29 is 19.4 Å². The highest BCUT2D eigenvalue weighted by molar-refractivity contribution is 5.45. The Hall–Kier alpha value is -3.50. The fourth-order valence-electron chi connectivity index (χ4n) is 20.3. The van der Waals surface area contributed by atoms with Gasteiger partial charge in [-0.05, 0) is 225 Å².